The van der Waals surface area contributed by atoms with Crippen molar-refractivity contribution in [2.45, 2.75) is 39.0 Å². The molecule has 0 aromatic carbocycles. The summed E-state index contributed by atoms with van der Waals surface area (Å²) in [5.41, 5.74) is -0.236. The van der Waals surface area contributed by atoms with E-state index >= 15 is 0 Å². The van der Waals surface area contributed by atoms with Crippen molar-refractivity contribution in [1.29, 1.82) is 0 Å². The van der Waals surface area contributed by atoms with E-state index in [1.54, 1.807) is 0 Å². The van der Waals surface area contributed by atoms with Gasteiger partial charge in [-0.3, -0.25) is 9.59 Å². The molecule has 0 radical (unpaired) electrons. The van der Waals surface area contributed by atoms with Crippen molar-refractivity contribution < 1.29 is 9.59 Å². The number of hydrogen-bond donors (Lipinski definition) is 2. The van der Waals surface area contributed by atoms with E-state index in [9.17, 15) is 9.59 Å². The fourth-order valence-electron chi connectivity index (χ4n) is 3.25. The van der Waals surface area contributed by atoms with Gasteiger partial charge in [-0.2, -0.15) is 0 Å². The fraction of sp³-hybridized carbons (Fsp3) is 0.857. The zero-order valence-corrected chi connectivity index (χ0v) is 11.8. The van der Waals surface area contributed by atoms with Gasteiger partial charge in [0.25, 0.3) is 0 Å². The number of nitrogens with zero attached hydrogens (tertiary/aromatic N) is 1. The Balaban J connectivity index is 2.07. The van der Waals surface area contributed by atoms with Crippen molar-refractivity contribution in [1.82, 2.24) is 15.5 Å². The highest BCUT2D eigenvalue weighted by Gasteiger charge is 2.41. The average Bonchev–Trinajstić information content (AvgIpc) is 2.64. The molecule has 0 spiro atoms. The van der Waals surface area contributed by atoms with Gasteiger partial charge < -0.3 is 15.5 Å². The molecule has 2 saturated heterocycles. The van der Waals surface area contributed by atoms with Crippen molar-refractivity contribution in [3.05, 3.63) is 0 Å². The van der Waals surface area contributed by atoms with E-state index in [0.29, 0.717) is 26.1 Å². The summed E-state index contributed by atoms with van der Waals surface area (Å²) < 4.78 is 0. The number of carbonyl (C=O) groups excluding carboxylic acids is 2. The SMILES string of the molecule is CCCC1(C(=O)N2CCNC(=O)CC2)CCCNC1. The zero-order valence-electron chi connectivity index (χ0n) is 11.8. The average molecular weight is 267 g/mol. The Morgan fingerprint density at radius 3 is 2.89 bits per heavy atom. The van der Waals surface area contributed by atoms with Crippen LogP contribution in [0.3, 0.4) is 0 Å². The van der Waals surface area contributed by atoms with Crippen molar-refractivity contribution in [2.75, 3.05) is 32.7 Å². The van der Waals surface area contributed by atoms with Gasteiger partial charge in [-0.25, -0.2) is 0 Å². The molecule has 19 heavy (non-hydrogen) atoms. The predicted molar refractivity (Wildman–Crippen MR) is 73.7 cm³/mol. The summed E-state index contributed by atoms with van der Waals surface area (Å²) in [6.45, 7) is 5.74. The number of hydrogen-bond acceptors (Lipinski definition) is 3. The topological polar surface area (TPSA) is 61.4 Å². The Kier molecular flexibility index (Phi) is 4.80. The van der Waals surface area contributed by atoms with Gasteiger partial charge in [0, 0.05) is 32.6 Å². The van der Waals surface area contributed by atoms with Gasteiger partial charge in [-0.15, -0.1) is 0 Å². The lowest BCUT2D eigenvalue weighted by Gasteiger charge is -2.39. The monoisotopic (exact) mass is 267 g/mol. The Bertz CT molecular complexity index is 332. The second-order valence-electron chi connectivity index (χ2n) is 5.70. The number of amides is 2. The molecular formula is C14H25N3O2. The first-order valence-electron chi connectivity index (χ1n) is 7.45. The van der Waals surface area contributed by atoms with Crippen LogP contribution in [-0.4, -0.2) is 49.4 Å². The molecule has 2 aliphatic rings. The molecule has 0 aromatic rings. The summed E-state index contributed by atoms with van der Waals surface area (Å²) in [5.74, 6) is 0.305. The number of rotatable bonds is 3. The third-order valence-corrected chi connectivity index (χ3v) is 4.25. The second kappa shape index (κ2) is 6.37. The minimum absolute atomic E-state index is 0.0570. The molecule has 2 heterocycles. The van der Waals surface area contributed by atoms with E-state index in [-0.39, 0.29) is 17.2 Å². The van der Waals surface area contributed by atoms with Crippen molar-refractivity contribution in [3.8, 4) is 0 Å². The molecule has 2 aliphatic heterocycles. The lowest BCUT2D eigenvalue weighted by Crippen LogP contribution is -2.52. The van der Waals surface area contributed by atoms with Crippen LogP contribution in [-0.2, 0) is 9.59 Å². The summed E-state index contributed by atoms with van der Waals surface area (Å²) in [4.78, 5) is 26.1. The molecule has 2 fully saturated rings. The summed E-state index contributed by atoms with van der Waals surface area (Å²) in [6.07, 6.45) is 4.44. The number of carbonyl (C=O) groups is 2. The van der Waals surface area contributed by atoms with Crippen molar-refractivity contribution >= 4 is 11.8 Å². The first kappa shape index (κ1) is 14.3. The van der Waals surface area contributed by atoms with Gasteiger partial charge in [-0.05, 0) is 25.8 Å². The van der Waals surface area contributed by atoms with Crippen LogP contribution in [0.15, 0.2) is 0 Å². The zero-order chi connectivity index (χ0) is 13.7. The highest BCUT2D eigenvalue weighted by molar-refractivity contribution is 5.84. The maximum Gasteiger partial charge on any atom is 0.230 e. The molecule has 2 rings (SSSR count). The summed E-state index contributed by atoms with van der Waals surface area (Å²) in [5, 5.41) is 6.20. The van der Waals surface area contributed by atoms with E-state index in [2.05, 4.69) is 17.6 Å². The Morgan fingerprint density at radius 2 is 2.21 bits per heavy atom. The normalized spacial score (nSPS) is 28.7. The molecule has 1 unspecified atom stereocenters. The van der Waals surface area contributed by atoms with Gasteiger partial charge in [-0.1, -0.05) is 13.3 Å². The van der Waals surface area contributed by atoms with Crippen LogP contribution in [0, 0.1) is 5.41 Å². The first-order chi connectivity index (χ1) is 9.18. The van der Waals surface area contributed by atoms with Gasteiger partial charge in [0.2, 0.25) is 11.8 Å². The maximum absolute atomic E-state index is 12.9. The molecule has 0 bridgehead atoms. The predicted octanol–water partition coefficient (Wildman–Crippen LogP) is 0.505. The van der Waals surface area contributed by atoms with Crippen LogP contribution in [0.4, 0.5) is 0 Å². The number of piperidine rings is 1. The van der Waals surface area contributed by atoms with Crippen LogP contribution in [0.5, 0.6) is 0 Å². The van der Waals surface area contributed by atoms with Crippen LogP contribution in [0.2, 0.25) is 0 Å². The minimum atomic E-state index is -0.236. The summed E-state index contributed by atoms with van der Waals surface area (Å²) >= 11 is 0. The van der Waals surface area contributed by atoms with Crippen LogP contribution >= 0.6 is 0 Å². The standard InChI is InChI=1S/C14H25N3O2/c1-2-5-14(6-3-7-15-11-14)13(19)17-9-4-12(18)16-8-10-17/h15H,2-11H2,1H3,(H,16,18). The molecule has 2 amide bonds. The Hall–Kier alpha value is -1.10. The van der Waals surface area contributed by atoms with Crippen LogP contribution in [0.1, 0.15) is 39.0 Å². The van der Waals surface area contributed by atoms with Gasteiger partial charge in [0.15, 0.2) is 0 Å². The van der Waals surface area contributed by atoms with Crippen molar-refractivity contribution in [3.63, 3.8) is 0 Å². The molecule has 1 atom stereocenters. The quantitative estimate of drug-likeness (QED) is 0.783. The van der Waals surface area contributed by atoms with E-state index in [0.717, 1.165) is 38.8 Å². The third kappa shape index (κ3) is 3.26. The van der Waals surface area contributed by atoms with Crippen LogP contribution in [0.25, 0.3) is 0 Å². The van der Waals surface area contributed by atoms with E-state index in [1.165, 1.54) is 0 Å². The molecule has 2 N–H and O–H groups in total. The second-order valence-corrected chi connectivity index (χ2v) is 5.70. The van der Waals surface area contributed by atoms with Gasteiger partial charge >= 0.3 is 0 Å². The highest BCUT2D eigenvalue weighted by atomic mass is 16.2. The minimum Gasteiger partial charge on any atom is -0.354 e. The first-order valence-corrected chi connectivity index (χ1v) is 7.45. The Morgan fingerprint density at radius 1 is 1.37 bits per heavy atom. The maximum atomic E-state index is 12.9. The molecule has 0 saturated carbocycles. The van der Waals surface area contributed by atoms with Crippen molar-refractivity contribution in [2.24, 2.45) is 5.41 Å². The molecule has 5 heteroatoms. The van der Waals surface area contributed by atoms with Gasteiger partial charge in [0.05, 0.1) is 5.41 Å². The fourth-order valence-corrected chi connectivity index (χ4v) is 3.25. The molecule has 0 aliphatic carbocycles. The summed E-state index contributed by atoms with van der Waals surface area (Å²) in [6, 6.07) is 0. The smallest absolute Gasteiger partial charge is 0.230 e. The number of nitrogens with one attached hydrogen (secondary N) is 2. The largest absolute Gasteiger partial charge is 0.354 e. The van der Waals surface area contributed by atoms with Gasteiger partial charge in [0.1, 0.15) is 0 Å². The van der Waals surface area contributed by atoms with E-state index < -0.39 is 0 Å². The van der Waals surface area contributed by atoms with E-state index in [4.69, 9.17) is 0 Å². The molecular weight excluding hydrogens is 242 g/mol. The lowest BCUT2D eigenvalue weighted by molar-refractivity contribution is -0.143. The Labute approximate surface area is 115 Å². The van der Waals surface area contributed by atoms with E-state index in [1.807, 2.05) is 4.90 Å². The highest BCUT2D eigenvalue weighted by Crippen LogP contribution is 2.34. The molecule has 108 valence electrons. The lowest BCUT2D eigenvalue weighted by atomic mass is 9.75. The third-order valence-electron chi connectivity index (χ3n) is 4.25. The molecule has 0 aromatic heterocycles. The van der Waals surface area contributed by atoms with Crippen LogP contribution < -0.4 is 10.6 Å². The molecule has 5 nitrogen and oxygen atoms in total. The summed E-state index contributed by atoms with van der Waals surface area (Å²) in [7, 11) is 0.